The van der Waals surface area contributed by atoms with Gasteiger partial charge in [-0.2, -0.15) is 0 Å². The quantitative estimate of drug-likeness (QED) is 0.812. The van der Waals surface area contributed by atoms with Crippen LogP contribution in [-0.2, 0) is 16.0 Å². The first kappa shape index (κ1) is 13.1. The highest BCUT2D eigenvalue weighted by Crippen LogP contribution is 2.10. The predicted molar refractivity (Wildman–Crippen MR) is 70.1 cm³/mol. The number of rotatable bonds is 5. The SMILES string of the molecule is NC(Cc1ccccc1)C(=O)NCC1CCCO1. The van der Waals surface area contributed by atoms with E-state index in [2.05, 4.69) is 5.32 Å². The summed E-state index contributed by atoms with van der Waals surface area (Å²) >= 11 is 0. The van der Waals surface area contributed by atoms with E-state index in [1.807, 2.05) is 30.3 Å². The molecular weight excluding hydrogens is 228 g/mol. The van der Waals surface area contributed by atoms with Crippen LogP contribution in [0.4, 0.5) is 0 Å². The Morgan fingerprint density at radius 3 is 2.89 bits per heavy atom. The van der Waals surface area contributed by atoms with Gasteiger partial charge in [0, 0.05) is 13.2 Å². The van der Waals surface area contributed by atoms with Crippen LogP contribution in [-0.4, -0.2) is 31.2 Å². The Labute approximate surface area is 108 Å². The number of nitrogens with two attached hydrogens (primary N) is 1. The van der Waals surface area contributed by atoms with Crippen LogP contribution in [0.1, 0.15) is 18.4 Å². The third kappa shape index (κ3) is 3.82. The number of carbonyl (C=O) groups is 1. The summed E-state index contributed by atoms with van der Waals surface area (Å²) in [5.74, 6) is -0.102. The number of carbonyl (C=O) groups excluding carboxylic acids is 1. The maximum Gasteiger partial charge on any atom is 0.237 e. The van der Waals surface area contributed by atoms with Gasteiger partial charge in [-0.05, 0) is 24.8 Å². The largest absolute Gasteiger partial charge is 0.376 e. The van der Waals surface area contributed by atoms with Gasteiger partial charge in [-0.25, -0.2) is 0 Å². The monoisotopic (exact) mass is 248 g/mol. The van der Waals surface area contributed by atoms with Crippen molar-refractivity contribution in [1.29, 1.82) is 0 Å². The smallest absolute Gasteiger partial charge is 0.237 e. The van der Waals surface area contributed by atoms with Gasteiger partial charge in [-0.3, -0.25) is 4.79 Å². The molecule has 0 radical (unpaired) electrons. The molecule has 4 nitrogen and oxygen atoms in total. The van der Waals surface area contributed by atoms with E-state index in [0.717, 1.165) is 25.0 Å². The van der Waals surface area contributed by atoms with E-state index in [0.29, 0.717) is 13.0 Å². The van der Waals surface area contributed by atoms with Crippen molar-refractivity contribution >= 4 is 5.91 Å². The van der Waals surface area contributed by atoms with E-state index in [-0.39, 0.29) is 12.0 Å². The molecule has 0 spiro atoms. The Balaban J connectivity index is 1.74. The summed E-state index contributed by atoms with van der Waals surface area (Å²) in [5.41, 5.74) is 6.96. The molecule has 1 aliphatic heterocycles. The van der Waals surface area contributed by atoms with E-state index in [1.54, 1.807) is 0 Å². The first-order valence-electron chi connectivity index (χ1n) is 6.44. The average molecular weight is 248 g/mol. The van der Waals surface area contributed by atoms with Gasteiger partial charge in [0.05, 0.1) is 12.1 Å². The highest BCUT2D eigenvalue weighted by molar-refractivity contribution is 5.81. The lowest BCUT2D eigenvalue weighted by Gasteiger charge is -2.15. The van der Waals surface area contributed by atoms with Crippen LogP contribution in [0.15, 0.2) is 30.3 Å². The van der Waals surface area contributed by atoms with Crippen LogP contribution < -0.4 is 11.1 Å². The standard InChI is InChI=1S/C14H20N2O2/c15-13(9-11-5-2-1-3-6-11)14(17)16-10-12-7-4-8-18-12/h1-3,5-6,12-13H,4,7-10,15H2,(H,16,17). The fourth-order valence-corrected chi connectivity index (χ4v) is 2.11. The molecule has 1 fully saturated rings. The van der Waals surface area contributed by atoms with Crippen molar-refractivity contribution in [3.8, 4) is 0 Å². The molecule has 98 valence electrons. The molecule has 0 bridgehead atoms. The van der Waals surface area contributed by atoms with Crippen molar-refractivity contribution in [3.63, 3.8) is 0 Å². The second-order valence-corrected chi connectivity index (χ2v) is 4.68. The van der Waals surface area contributed by atoms with Crippen molar-refractivity contribution in [2.24, 2.45) is 5.73 Å². The van der Waals surface area contributed by atoms with Crippen LogP contribution in [0, 0.1) is 0 Å². The Bertz CT molecular complexity index is 375. The molecule has 1 aromatic carbocycles. The predicted octanol–water partition coefficient (Wildman–Crippen LogP) is 0.852. The number of hydrogen-bond donors (Lipinski definition) is 2. The fourth-order valence-electron chi connectivity index (χ4n) is 2.11. The van der Waals surface area contributed by atoms with Crippen LogP contribution in [0.5, 0.6) is 0 Å². The summed E-state index contributed by atoms with van der Waals surface area (Å²) in [6, 6.07) is 9.32. The first-order valence-corrected chi connectivity index (χ1v) is 6.44. The number of hydrogen-bond acceptors (Lipinski definition) is 3. The highest BCUT2D eigenvalue weighted by atomic mass is 16.5. The lowest BCUT2D eigenvalue weighted by molar-refractivity contribution is -0.122. The van der Waals surface area contributed by atoms with Crippen LogP contribution in [0.3, 0.4) is 0 Å². The molecular formula is C14H20N2O2. The Hall–Kier alpha value is -1.39. The molecule has 1 amide bonds. The van der Waals surface area contributed by atoms with Crippen LogP contribution >= 0.6 is 0 Å². The molecule has 1 aliphatic rings. The number of amides is 1. The van der Waals surface area contributed by atoms with Gasteiger partial charge in [0.25, 0.3) is 0 Å². The van der Waals surface area contributed by atoms with Crippen LogP contribution in [0.25, 0.3) is 0 Å². The first-order chi connectivity index (χ1) is 8.75. The minimum Gasteiger partial charge on any atom is -0.376 e. The van der Waals surface area contributed by atoms with Gasteiger partial charge < -0.3 is 15.8 Å². The Kier molecular flexibility index (Phi) is 4.73. The molecule has 2 unspecified atom stereocenters. The summed E-state index contributed by atoms with van der Waals surface area (Å²) < 4.78 is 5.45. The van der Waals surface area contributed by atoms with E-state index in [4.69, 9.17) is 10.5 Å². The summed E-state index contributed by atoms with van der Waals surface area (Å²) in [6.45, 7) is 1.37. The molecule has 2 atom stereocenters. The van der Waals surface area contributed by atoms with E-state index >= 15 is 0 Å². The second kappa shape index (κ2) is 6.52. The molecule has 1 heterocycles. The van der Waals surface area contributed by atoms with Gasteiger partial charge in [-0.1, -0.05) is 30.3 Å². The third-order valence-electron chi connectivity index (χ3n) is 3.16. The fraction of sp³-hybridized carbons (Fsp3) is 0.500. The molecule has 1 saturated heterocycles. The maximum absolute atomic E-state index is 11.8. The van der Waals surface area contributed by atoms with Crippen molar-refractivity contribution in [2.75, 3.05) is 13.2 Å². The molecule has 0 saturated carbocycles. The van der Waals surface area contributed by atoms with E-state index in [1.165, 1.54) is 0 Å². The maximum atomic E-state index is 11.8. The molecule has 2 rings (SSSR count). The average Bonchev–Trinajstić information content (AvgIpc) is 2.90. The molecule has 0 aliphatic carbocycles. The summed E-state index contributed by atoms with van der Waals surface area (Å²) in [4.78, 5) is 11.8. The molecule has 18 heavy (non-hydrogen) atoms. The molecule has 3 N–H and O–H groups in total. The topological polar surface area (TPSA) is 64.4 Å². The second-order valence-electron chi connectivity index (χ2n) is 4.68. The van der Waals surface area contributed by atoms with Gasteiger partial charge in [0.2, 0.25) is 5.91 Å². The van der Waals surface area contributed by atoms with Gasteiger partial charge in [0.1, 0.15) is 0 Å². The van der Waals surface area contributed by atoms with Gasteiger partial charge in [-0.15, -0.1) is 0 Å². The zero-order valence-corrected chi connectivity index (χ0v) is 10.5. The lowest BCUT2D eigenvalue weighted by Crippen LogP contribution is -2.44. The Morgan fingerprint density at radius 2 is 2.22 bits per heavy atom. The molecule has 0 aromatic heterocycles. The summed E-state index contributed by atoms with van der Waals surface area (Å²) in [6.07, 6.45) is 2.83. The number of ether oxygens (including phenoxy) is 1. The highest BCUT2D eigenvalue weighted by Gasteiger charge is 2.18. The summed E-state index contributed by atoms with van der Waals surface area (Å²) in [7, 11) is 0. The van der Waals surface area contributed by atoms with Gasteiger partial charge in [0.15, 0.2) is 0 Å². The zero-order valence-electron chi connectivity index (χ0n) is 10.5. The number of nitrogens with one attached hydrogen (secondary N) is 1. The third-order valence-corrected chi connectivity index (χ3v) is 3.16. The van der Waals surface area contributed by atoms with Gasteiger partial charge >= 0.3 is 0 Å². The van der Waals surface area contributed by atoms with Crippen molar-refractivity contribution in [1.82, 2.24) is 5.32 Å². The zero-order chi connectivity index (χ0) is 12.8. The van der Waals surface area contributed by atoms with Crippen molar-refractivity contribution < 1.29 is 9.53 Å². The molecule has 1 aromatic rings. The van der Waals surface area contributed by atoms with E-state index < -0.39 is 6.04 Å². The summed E-state index contributed by atoms with van der Waals surface area (Å²) in [5, 5.41) is 2.86. The number of benzene rings is 1. The van der Waals surface area contributed by atoms with Crippen molar-refractivity contribution in [2.45, 2.75) is 31.4 Å². The molecule has 4 heteroatoms. The normalized spacial score (nSPS) is 20.6. The Morgan fingerprint density at radius 1 is 1.44 bits per heavy atom. The van der Waals surface area contributed by atoms with Crippen molar-refractivity contribution in [3.05, 3.63) is 35.9 Å². The van der Waals surface area contributed by atoms with Crippen LogP contribution in [0.2, 0.25) is 0 Å². The van der Waals surface area contributed by atoms with E-state index in [9.17, 15) is 4.79 Å². The minimum absolute atomic E-state index is 0.102. The minimum atomic E-state index is -0.492. The lowest BCUT2D eigenvalue weighted by atomic mass is 10.1.